The lowest BCUT2D eigenvalue weighted by Gasteiger charge is -2.11. The highest BCUT2D eigenvalue weighted by Crippen LogP contribution is 2.26. The molecule has 0 saturated heterocycles. The number of para-hydroxylation sites is 1. The van der Waals surface area contributed by atoms with Gasteiger partial charge in [-0.05, 0) is 19.1 Å². The number of benzene rings is 1. The fraction of sp³-hybridized carbons (Fsp3) is 0.333. The van der Waals surface area contributed by atoms with Crippen LogP contribution in [0, 0.1) is 0 Å². The molecule has 1 amide bonds. The molecule has 1 aromatic heterocycles. The number of fused-ring (bicyclic) bond motifs is 1. The number of aliphatic carboxylic acids is 1. The molecule has 0 aliphatic heterocycles. The number of carboxylic acids is 1. The second-order valence-electron chi connectivity index (χ2n) is 4.78. The summed E-state index contributed by atoms with van der Waals surface area (Å²) in [5.41, 5.74) is 0.930. The molecule has 0 aliphatic carbocycles. The number of ether oxygens (including phenoxy) is 1. The van der Waals surface area contributed by atoms with Gasteiger partial charge in [0.05, 0.1) is 12.6 Å². The van der Waals surface area contributed by atoms with Crippen molar-refractivity contribution in [1.29, 1.82) is 0 Å². The van der Waals surface area contributed by atoms with Gasteiger partial charge in [0.1, 0.15) is 11.8 Å². The maximum atomic E-state index is 11.7. The highest BCUT2D eigenvalue weighted by Gasteiger charge is 2.14. The molecule has 0 unspecified atom stereocenters. The quantitative estimate of drug-likeness (QED) is 0.847. The van der Waals surface area contributed by atoms with Gasteiger partial charge in [0.2, 0.25) is 5.91 Å². The number of carboxylic acid groups (broad SMARTS) is 1. The number of nitrogens with one attached hydrogen (secondary N) is 1. The Kier molecular flexibility index (Phi) is 4.47. The zero-order valence-corrected chi connectivity index (χ0v) is 12.0. The van der Waals surface area contributed by atoms with Crippen LogP contribution in [-0.4, -0.2) is 34.7 Å². The van der Waals surface area contributed by atoms with Crippen LogP contribution in [0.1, 0.15) is 13.3 Å². The summed E-state index contributed by atoms with van der Waals surface area (Å²) in [4.78, 5) is 22.4. The number of carbonyl (C=O) groups excluding carboxylic acids is 1. The summed E-state index contributed by atoms with van der Waals surface area (Å²) < 4.78 is 7.26. The summed E-state index contributed by atoms with van der Waals surface area (Å²) in [5, 5.41) is 12.2. The van der Waals surface area contributed by atoms with Crippen molar-refractivity contribution >= 4 is 22.8 Å². The van der Waals surface area contributed by atoms with Gasteiger partial charge in [-0.15, -0.1) is 0 Å². The maximum Gasteiger partial charge on any atom is 0.325 e. The SMILES string of the molecule is COc1cccc2ccn(CCC(=O)N[C@@H](C)C(=O)O)c12. The van der Waals surface area contributed by atoms with Crippen molar-refractivity contribution in [2.75, 3.05) is 7.11 Å². The molecule has 1 aromatic carbocycles. The molecule has 0 bridgehead atoms. The van der Waals surface area contributed by atoms with Crippen LogP contribution in [0.25, 0.3) is 10.9 Å². The van der Waals surface area contributed by atoms with Crippen LogP contribution in [0.5, 0.6) is 5.75 Å². The zero-order chi connectivity index (χ0) is 15.4. The molecule has 21 heavy (non-hydrogen) atoms. The van der Waals surface area contributed by atoms with Gasteiger partial charge in [0, 0.05) is 24.5 Å². The first-order chi connectivity index (χ1) is 10.0. The molecule has 6 heteroatoms. The van der Waals surface area contributed by atoms with Gasteiger partial charge in [0.15, 0.2) is 0 Å². The number of aryl methyl sites for hydroxylation is 1. The minimum atomic E-state index is -1.04. The van der Waals surface area contributed by atoms with Gasteiger partial charge in [-0.3, -0.25) is 9.59 Å². The van der Waals surface area contributed by atoms with Gasteiger partial charge >= 0.3 is 5.97 Å². The lowest BCUT2D eigenvalue weighted by molar-refractivity contribution is -0.141. The number of rotatable bonds is 6. The van der Waals surface area contributed by atoms with E-state index in [1.807, 2.05) is 35.0 Å². The number of nitrogens with zero attached hydrogens (tertiary/aromatic N) is 1. The standard InChI is InChI=1S/C15H18N2O4/c1-10(15(19)20)16-13(18)7-9-17-8-6-11-4-3-5-12(21-2)14(11)17/h3-6,8,10H,7,9H2,1-2H3,(H,16,18)(H,19,20)/t10-/m0/s1. The molecule has 0 saturated carbocycles. The van der Waals surface area contributed by atoms with Crippen LogP contribution in [0.2, 0.25) is 0 Å². The van der Waals surface area contributed by atoms with Crippen LogP contribution in [0.15, 0.2) is 30.5 Å². The first kappa shape index (κ1) is 14.9. The van der Waals surface area contributed by atoms with Crippen molar-refractivity contribution in [1.82, 2.24) is 9.88 Å². The molecule has 112 valence electrons. The fourth-order valence-corrected chi connectivity index (χ4v) is 2.17. The Labute approximate surface area is 122 Å². The predicted molar refractivity (Wildman–Crippen MR) is 78.3 cm³/mol. The van der Waals surface area contributed by atoms with Crippen LogP contribution >= 0.6 is 0 Å². The molecule has 2 rings (SSSR count). The Hall–Kier alpha value is -2.50. The van der Waals surface area contributed by atoms with Crippen molar-refractivity contribution in [3.63, 3.8) is 0 Å². The molecule has 2 aromatic rings. The van der Waals surface area contributed by atoms with E-state index in [-0.39, 0.29) is 12.3 Å². The average molecular weight is 290 g/mol. The Bertz CT molecular complexity index is 663. The van der Waals surface area contributed by atoms with Crippen molar-refractivity contribution in [3.8, 4) is 5.75 Å². The fourth-order valence-electron chi connectivity index (χ4n) is 2.17. The Morgan fingerprint density at radius 2 is 2.14 bits per heavy atom. The molecule has 0 spiro atoms. The number of methoxy groups -OCH3 is 1. The minimum Gasteiger partial charge on any atom is -0.495 e. The second kappa shape index (κ2) is 6.30. The molecule has 0 aliphatic rings. The normalized spacial score (nSPS) is 12.1. The van der Waals surface area contributed by atoms with E-state index in [2.05, 4.69) is 5.32 Å². The molecule has 1 heterocycles. The van der Waals surface area contributed by atoms with Crippen LogP contribution in [0.4, 0.5) is 0 Å². The summed E-state index contributed by atoms with van der Waals surface area (Å²) in [6.07, 6.45) is 2.10. The van der Waals surface area contributed by atoms with Crippen molar-refractivity contribution in [2.45, 2.75) is 25.9 Å². The second-order valence-corrected chi connectivity index (χ2v) is 4.78. The summed E-state index contributed by atoms with van der Waals surface area (Å²) in [5.74, 6) is -0.588. The number of hydrogen-bond acceptors (Lipinski definition) is 3. The molecular weight excluding hydrogens is 272 g/mol. The van der Waals surface area contributed by atoms with Crippen LogP contribution in [-0.2, 0) is 16.1 Å². The monoisotopic (exact) mass is 290 g/mol. The van der Waals surface area contributed by atoms with Crippen molar-refractivity contribution in [3.05, 3.63) is 30.5 Å². The Morgan fingerprint density at radius 1 is 1.38 bits per heavy atom. The van der Waals surface area contributed by atoms with Gasteiger partial charge in [-0.1, -0.05) is 12.1 Å². The first-order valence-electron chi connectivity index (χ1n) is 6.67. The number of aromatic nitrogens is 1. The summed E-state index contributed by atoms with van der Waals surface area (Å²) in [6, 6.07) is 6.82. The largest absolute Gasteiger partial charge is 0.495 e. The highest BCUT2D eigenvalue weighted by atomic mass is 16.5. The third-order valence-electron chi connectivity index (χ3n) is 3.30. The van der Waals surface area contributed by atoms with E-state index in [0.717, 1.165) is 16.7 Å². The summed E-state index contributed by atoms with van der Waals surface area (Å²) in [6.45, 7) is 1.90. The highest BCUT2D eigenvalue weighted by molar-refractivity contribution is 5.86. The van der Waals surface area contributed by atoms with Gasteiger partial charge in [0.25, 0.3) is 0 Å². The third kappa shape index (κ3) is 3.34. The van der Waals surface area contributed by atoms with E-state index in [1.165, 1.54) is 6.92 Å². The van der Waals surface area contributed by atoms with E-state index < -0.39 is 12.0 Å². The van der Waals surface area contributed by atoms with Gasteiger partial charge in [-0.2, -0.15) is 0 Å². The van der Waals surface area contributed by atoms with E-state index in [0.29, 0.717) is 6.54 Å². The number of carbonyl (C=O) groups is 2. The summed E-state index contributed by atoms with van der Waals surface area (Å²) >= 11 is 0. The molecule has 0 fully saturated rings. The number of amides is 1. The smallest absolute Gasteiger partial charge is 0.325 e. The Morgan fingerprint density at radius 3 is 2.81 bits per heavy atom. The van der Waals surface area contributed by atoms with E-state index in [1.54, 1.807) is 7.11 Å². The maximum absolute atomic E-state index is 11.7. The topological polar surface area (TPSA) is 80.6 Å². The lowest BCUT2D eigenvalue weighted by atomic mass is 10.2. The van der Waals surface area contributed by atoms with E-state index >= 15 is 0 Å². The first-order valence-corrected chi connectivity index (χ1v) is 6.67. The average Bonchev–Trinajstić information content (AvgIpc) is 2.88. The molecular formula is C15H18N2O4. The predicted octanol–water partition coefficient (Wildman–Crippen LogP) is 1.63. The van der Waals surface area contributed by atoms with E-state index in [4.69, 9.17) is 9.84 Å². The van der Waals surface area contributed by atoms with Gasteiger partial charge in [-0.25, -0.2) is 0 Å². The minimum absolute atomic E-state index is 0.208. The number of hydrogen-bond donors (Lipinski definition) is 2. The zero-order valence-electron chi connectivity index (χ0n) is 12.0. The Balaban J connectivity index is 2.07. The van der Waals surface area contributed by atoms with Gasteiger partial charge < -0.3 is 19.7 Å². The molecule has 0 radical (unpaired) electrons. The molecule has 2 N–H and O–H groups in total. The summed E-state index contributed by atoms with van der Waals surface area (Å²) in [7, 11) is 1.60. The van der Waals surface area contributed by atoms with Crippen LogP contribution in [0.3, 0.4) is 0 Å². The van der Waals surface area contributed by atoms with Crippen LogP contribution < -0.4 is 10.1 Å². The van der Waals surface area contributed by atoms with Crippen molar-refractivity contribution < 1.29 is 19.4 Å². The molecule has 6 nitrogen and oxygen atoms in total. The third-order valence-corrected chi connectivity index (χ3v) is 3.30. The van der Waals surface area contributed by atoms with E-state index in [9.17, 15) is 9.59 Å². The molecule has 1 atom stereocenters. The lowest BCUT2D eigenvalue weighted by Crippen LogP contribution is -2.38. The van der Waals surface area contributed by atoms with Crippen molar-refractivity contribution in [2.24, 2.45) is 0 Å².